The summed E-state index contributed by atoms with van der Waals surface area (Å²) in [6.07, 6.45) is 10.7. The number of benzene rings is 3. The van der Waals surface area contributed by atoms with Crippen molar-refractivity contribution in [3.63, 3.8) is 0 Å². The summed E-state index contributed by atoms with van der Waals surface area (Å²) >= 11 is 0. The molecule has 212 valence electrons. The summed E-state index contributed by atoms with van der Waals surface area (Å²) in [4.78, 5) is 11.5. The molecular weight excluding hydrogens is 503 g/mol. The number of carbonyl (C=O) groups excluding carboxylic acids is 1. The van der Waals surface area contributed by atoms with E-state index in [2.05, 4.69) is 37.8 Å². The van der Waals surface area contributed by atoms with Crippen molar-refractivity contribution in [2.75, 3.05) is 19.8 Å². The van der Waals surface area contributed by atoms with Crippen molar-refractivity contribution in [2.45, 2.75) is 64.2 Å². The van der Waals surface area contributed by atoms with Crippen LogP contribution in [0.3, 0.4) is 0 Å². The zero-order valence-electron chi connectivity index (χ0n) is 23.5. The van der Waals surface area contributed by atoms with Crippen molar-refractivity contribution >= 4 is 5.97 Å². The van der Waals surface area contributed by atoms with Gasteiger partial charge in [-0.2, -0.15) is 0 Å². The monoisotopic (exact) mass is 544 g/mol. The van der Waals surface area contributed by atoms with Crippen LogP contribution in [-0.4, -0.2) is 30.9 Å². The van der Waals surface area contributed by atoms with Crippen molar-refractivity contribution in [1.82, 2.24) is 0 Å². The van der Waals surface area contributed by atoms with Gasteiger partial charge < -0.3 is 14.6 Å². The van der Waals surface area contributed by atoms with E-state index in [1.54, 1.807) is 30.3 Å². The minimum Gasteiger partial charge on any atom is -0.490 e. The van der Waals surface area contributed by atoms with Gasteiger partial charge in [-0.1, -0.05) is 87.7 Å². The second-order valence-corrected chi connectivity index (χ2v) is 10.8. The highest BCUT2D eigenvalue weighted by molar-refractivity contribution is 5.87. The molecule has 0 aromatic heterocycles. The molecule has 3 aromatic rings. The fourth-order valence-corrected chi connectivity index (χ4v) is 5.54. The minimum atomic E-state index is -0.647. The van der Waals surface area contributed by atoms with Crippen molar-refractivity contribution in [1.29, 1.82) is 0 Å². The highest BCUT2D eigenvalue weighted by atomic mass is 19.1. The van der Waals surface area contributed by atoms with Crippen LogP contribution in [0.4, 0.5) is 4.39 Å². The van der Waals surface area contributed by atoms with Crippen molar-refractivity contribution < 1.29 is 23.8 Å². The molecule has 0 heterocycles. The molecule has 4 rings (SSSR count). The molecule has 0 aliphatic heterocycles. The van der Waals surface area contributed by atoms with Crippen LogP contribution in [-0.2, 0) is 9.53 Å². The summed E-state index contributed by atoms with van der Waals surface area (Å²) in [5, 5.41) is 8.88. The van der Waals surface area contributed by atoms with Gasteiger partial charge in [0.15, 0.2) is 0 Å². The summed E-state index contributed by atoms with van der Waals surface area (Å²) in [6.45, 7) is 5.44. The molecule has 1 aliphatic carbocycles. The Morgan fingerprint density at radius 3 is 2.23 bits per heavy atom. The summed E-state index contributed by atoms with van der Waals surface area (Å²) in [5.74, 6) is 1.22. The van der Waals surface area contributed by atoms with Gasteiger partial charge in [0.25, 0.3) is 0 Å². The molecule has 40 heavy (non-hydrogen) atoms. The number of carbonyl (C=O) groups is 1. The van der Waals surface area contributed by atoms with Gasteiger partial charge in [0.2, 0.25) is 0 Å². The Morgan fingerprint density at radius 1 is 0.900 bits per heavy atom. The average Bonchev–Trinajstić information content (AvgIpc) is 2.99. The maximum atomic E-state index is 15.2. The molecule has 3 aromatic carbocycles. The predicted molar refractivity (Wildman–Crippen MR) is 159 cm³/mol. The molecule has 1 aliphatic rings. The van der Waals surface area contributed by atoms with Crippen LogP contribution in [0.25, 0.3) is 22.3 Å². The number of rotatable bonds is 13. The fraction of sp³-hybridized carbons (Fsp3) is 0.400. The molecule has 0 radical (unpaired) electrons. The number of unbranched alkanes of at least 4 members (excludes halogenated alkanes) is 2. The van der Waals surface area contributed by atoms with Crippen LogP contribution < -0.4 is 4.74 Å². The number of esters is 1. The molecule has 1 fully saturated rings. The topological polar surface area (TPSA) is 55.8 Å². The number of ether oxygens (including phenoxy) is 2. The highest BCUT2D eigenvalue weighted by Gasteiger charge is 2.22. The van der Waals surface area contributed by atoms with E-state index in [1.165, 1.54) is 56.9 Å². The molecule has 0 saturated heterocycles. The van der Waals surface area contributed by atoms with Gasteiger partial charge in [-0.3, -0.25) is 0 Å². The van der Waals surface area contributed by atoms with Crippen LogP contribution >= 0.6 is 0 Å². The first-order valence-electron chi connectivity index (χ1n) is 14.6. The first-order valence-corrected chi connectivity index (χ1v) is 14.6. The second kappa shape index (κ2) is 14.8. The van der Waals surface area contributed by atoms with Crippen LogP contribution in [0.15, 0.2) is 78.9 Å². The lowest BCUT2D eigenvalue weighted by molar-refractivity contribution is -0.140. The fourth-order valence-electron chi connectivity index (χ4n) is 5.54. The van der Waals surface area contributed by atoms with Crippen molar-refractivity contribution in [3.8, 4) is 28.0 Å². The largest absolute Gasteiger partial charge is 0.490 e. The normalized spacial score (nSPS) is 16.9. The van der Waals surface area contributed by atoms with E-state index in [-0.39, 0.29) is 24.6 Å². The molecular formula is C35H41FO4. The number of aliphatic hydroxyl groups excluding tert-OH is 1. The maximum absolute atomic E-state index is 15.2. The lowest BCUT2D eigenvalue weighted by Crippen LogP contribution is -2.14. The Labute approximate surface area is 237 Å². The summed E-state index contributed by atoms with van der Waals surface area (Å²) < 4.78 is 25.7. The Bertz CT molecular complexity index is 1240. The van der Waals surface area contributed by atoms with Gasteiger partial charge in [0, 0.05) is 5.56 Å². The maximum Gasteiger partial charge on any atom is 0.335 e. The third kappa shape index (κ3) is 8.04. The molecule has 0 spiro atoms. The van der Waals surface area contributed by atoms with Gasteiger partial charge in [-0.15, -0.1) is 0 Å². The Morgan fingerprint density at radius 2 is 1.57 bits per heavy atom. The zero-order chi connectivity index (χ0) is 28.3. The summed E-state index contributed by atoms with van der Waals surface area (Å²) in [5.41, 5.74) is 4.57. The number of hydrogen-bond acceptors (Lipinski definition) is 4. The third-order valence-corrected chi connectivity index (χ3v) is 7.98. The predicted octanol–water partition coefficient (Wildman–Crippen LogP) is 8.48. The van der Waals surface area contributed by atoms with E-state index in [0.29, 0.717) is 17.2 Å². The Balaban J connectivity index is 1.30. The lowest BCUT2D eigenvalue weighted by atomic mass is 9.77. The first-order chi connectivity index (χ1) is 19.5. The van der Waals surface area contributed by atoms with E-state index in [9.17, 15) is 4.79 Å². The Kier molecular flexibility index (Phi) is 10.9. The smallest absolute Gasteiger partial charge is 0.335 e. The van der Waals surface area contributed by atoms with Crippen LogP contribution in [0.1, 0.15) is 69.8 Å². The van der Waals surface area contributed by atoms with Gasteiger partial charge in [0.1, 0.15) is 24.8 Å². The third-order valence-electron chi connectivity index (χ3n) is 7.98. The van der Waals surface area contributed by atoms with E-state index in [1.807, 2.05) is 12.1 Å². The molecule has 0 amide bonds. The molecule has 4 nitrogen and oxygen atoms in total. The van der Waals surface area contributed by atoms with Gasteiger partial charge in [0.05, 0.1) is 12.2 Å². The molecule has 0 atom stereocenters. The van der Waals surface area contributed by atoms with Crippen LogP contribution in [0, 0.1) is 11.7 Å². The number of halogens is 1. The van der Waals surface area contributed by atoms with Crippen molar-refractivity contribution in [3.05, 3.63) is 90.3 Å². The van der Waals surface area contributed by atoms with E-state index in [0.717, 1.165) is 22.6 Å². The van der Waals surface area contributed by atoms with Crippen LogP contribution in [0.5, 0.6) is 5.75 Å². The molecule has 0 bridgehead atoms. The molecule has 1 saturated carbocycles. The zero-order valence-corrected chi connectivity index (χ0v) is 23.5. The lowest BCUT2D eigenvalue weighted by Gasteiger charge is -2.29. The van der Waals surface area contributed by atoms with E-state index >= 15 is 4.39 Å². The van der Waals surface area contributed by atoms with E-state index < -0.39 is 12.6 Å². The number of aliphatic hydroxyl groups is 1. The highest BCUT2D eigenvalue weighted by Crippen LogP contribution is 2.38. The summed E-state index contributed by atoms with van der Waals surface area (Å²) in [7, 11) is 0. The number of hydrogen-bond donors (Lipinski definition) is 1. The van der Waals surface area contributed by atoms with Crippen LogP contribution in [0.2, 0.25) is 0 Å². The minimum absolute atomic E-state index is 0.0000518. The molecule has 0 unspecified atom stereocenters. The quantitative estimate of drug-likeness (QED) is 0.133. The SMILES string of the molecule is C=C(CO)C(=O)OCCOc1ccc(-c2ccc(-c3ccc(C4CCC(CCCCC)CC4)cc3)cc2F)cc1. The molecule has 5 heteroatoms. The van der Waals surface area contributed by atoms with Gasteiger partial charge >= 0.3 is 5.97 Å². The van der Waals surface area contributed by atoms with Gasteiger partial charge in [-0.25, -0.2) is 9.18 Å². The van der Waals surface area contributed by atoms with Gasteiger partial charge in [-0.05, 0) is 78.0 Å². The summed E-state index contributed by atoms with van der Waals surface area (Å²) in [6, 6.07) is 21.2. The standard InChI is InChI=1S/C35H41FO4/c1-3-4-5-6-26-7-9-27(10-8-26)28-11-13-29(14-12-28)31-17-20-33(34(36)23-31)30-15-18-32(19-16-30)39-21-22-40-35(38)25(2)24-37/h11-20,23,26-27,37H,2-10,21-22,24H2,1H3. The van der Waals surface area contributed by atoms with E-state index in [4.69, 9.17) is 14.6 Å². The average molecular weight is 545 g/mol. The Hall–Kier alpha value is -3.44. The molecule has 1 N–H and O–H groups in total. The second-order valence-electron chi connectivity index (χ2n) is 10.8. The van der Waals surface area contributed by atoms with Crippen molar-refractivity contribution in [2.24, 2.45) is 5.92 Å². The first kappa shape index (κ1) is 29.5.